The molecule has 0 atom stereocenters. The van der Waals surface area contributed by atoms with Gasteiger partial charge < -0.3 is 4.74 Å². The normalized spacial score (nSPS) is 16.9. The number of ether oxygens (including phenoxy) is 1. The van der Waals surface area contributed by atoms with E-state index in [2.05, 4.69) is 4.99 Å². The summed E-state index contributed by atoms with van der Waals surface area (Å²) in [4.78, 5) is 14.4. The minimum absolute atomic E-state index is 0.0971. The monoisotopic (exact) mass is 253 g/mol. The number of aliphatic imine (C=N–C) groups is 1. The van der Waals surface area contributed by atoms with Crippen LogP contribution in [-0.4, -0.2) is 13.2 Å². The van der Waals surface area contributed by atoms with Gasteiger partial charge in [-0.25, -0.2) is 13.6 Å². The second-order valence-electron chi connectivity index (χ2n) is 4.35. The van der Waals surface area contributed by atoms with Crippen LogP contribution in [-0.2, 0) is 10.3 Å². The first-order valence-corrected chi connectivity index (χ1v) is 5.68. The van der Waals surface area contributed by atoms with Crippen molar-refractivity contribution >= 4 is 6.08 Å². The fourth-order valence-corrected chi connectivity index (χ4v) is 2.27. The number of carbonyl (C=O) groups excluding carboxylic acids is 1. The molecule has 0 N–H and O–H groups in total. The molecule has 0 aliphatic heterocycles. The second kappa shape index (κ2) is 4.86. The van der Waals surface area contributed by atoms with Gasteiger partial charge in [0, 0.05) is 11.1 Å². The molecule has 0 spiro atoms. The molecule has 3 nitrogen and oxygen atoms in total. The molecule has 1 aromatic rings. The lowest BCUT2D eigenvalue weighted by atomic mass is 9.72. The minimum atomic E-state index is -2.54. The van der Waals surface area contributed by atoms with E-state index in [-0.39, 0.29) is 5.56 Å². The maximum atomic E-state index is 12.6. The Balaban J connectivity index is 2.47. The Hall–Kier alpha value is -1.74. The van der Waals surface area contributed by atoms with Gasteiger partial charge in [0.05, 0.1) is 7.11 Å². The van der Waals surface area contributed by atoms with Crippen LogP contribution in [0.15, 0.2) is 23.2 Å². The van der Waals surface area contributed by atoms with Crippen molar-refractivity contribution in [2.24, 2.45) is 4.99 Å². The van der Waals surface area contributed by atoms with E-state index in [0.717, 1.165) is 6.42 Å². The Morgan fingerprint density at radius 1 is 1.44 bits per heavy atom. The van der Waals surface area contributed by atoms with Crippen LogP contribution in [0.4, 0.5) is 8.78 Å². The van der Waals surface area contributed by atoms with Gasteiger partial charge in [0.15, 0.2) is 0 Å². The van der Waals surface area contributed by atoms with E-state index >= 15 is 0 Å². The van der Waals surface area contributed by atoms with E-state index in [1.807, 2.05) is 0 Å². The Labute approximate surface area is 103 Å². The number of halogens is 2. The quantitative estimate of drug-likeness (QED) is 0.609. The SMILES string of the molecule is COc1cc(C(F)F)ccc1C1(N=C=O)CCC1. The third kappa shape index (κ3) is 2.02. The predicted octanol–water partition coefficient (Wildman–Crippen LogP) is 3.35. The lowest BCUT2D eigenvalue weighted by Gasteiger charge is -2.37. The lowest BCUT2D eigenvalue weighted by Crippen LogP contribution is -2.32. The lowest BCUT2D eigenvalue weighted by molar-refractivity contribution is 0.150. The zero-order chi connectivity index (χ0) is 13.2. The summed E-state index contributed by atoms with van der Waals surface area (Å²) in [7, 11) is 1.42. The van der Waals surface area contributed by atoms with Gasteiger partial charge in [-0.05, 0) is 25.3 Å². The molecule has 0 amide bonds. The molecule has 0 heterocycles. The molecule has 1 aliphatic rings. The molecule has 1 fully saturated rings. The summed E-state index contributed by atoms with van der Waals surface area (Å²) in [6.07, 6.45) is 1.41. The van der Waals surface area contributed by atoms with Crippen LogP contribution in [0.25, 0.3) is 0 Å². The Kier molecular flexibility index (Phi) is 3.43. The van der Waals surface area contributed by atoms with Crippen molar-refractivity contribution in [2.75, 3.05) is 7.11 Å². The third-order valence-corrected chi connectivity index (χ3v) is 3.42. The molecule has 1 aliphatic carbocycles. The number of alkyl halides is 2. The van der Waals surface area contributed by atoms with Crippen LogP contribution in [0.1, 0.15) is 36.8 Å². The molecule has 0 unspecified atom stereocenters. The smallest absolute Gasteiger partial charge is 0.263 e. The van der Waals surface area contributed by atoms with Gasteiger partial charge in [-0.1, -0.05) is 12.1 Å². The summed E-state index contributed by atoms with van der Waals surface area (Å²) < 4.78 is 30.4. The van der Waals surface area contributed by atoms with Crippen molar-refractivity contribution in [1.29, 1.82) is 0 Å². The summed E-state index contributed by atoms with van der Waals surface area (Å²) in [6.45, 7) is 0. The Morgan fingerprint density at radius 2 is 2.17 bits per heavy atom. The number of rotatable bonds is 4. The van der Waals surface area contributed by atoms with E-state index < -0.39 is 12.0 Å². The summed E-state index contributed by atoms with van der Waals surface area (Å²) in [6, 6.07) is 4.23. The van der Waals surface area contributed by atoms with Crippen LogP contribution in [0.5, 0.6) is 5.75 Å². The van der Waals surface area contributed by atoms with Crippen LogP contribution < -0.4 is 4.74 Å². The van der Waals surface area contributed by atoms with Gasteiger partial charge in [0.1, 0.15) is 11.3 Å². The predicted molar refractivity (Wildman–Crippen MR) is 61.6 cm³/mol. The average Bonchev–Trinajstić information content (AvgIpc) is 2.33. The zero-order valence-electron chi connectivity index (χ0n) is 9.95. The van der Waals surface area contributed by atoms with Crippen molar-refractivity contribution < 1.29 is 18.3 Å². The molecular formula is C13H13F2NO2. The van der Waals surface area contributed by atoms with E-state index in [0.29, 0.717) is 24.2 Å². The molecule has 0 aromatic heterocycles. The summed E-state index contributed by atoms with van der Waals surface area (Å²) in [5.41, 5.74) is -0.0440. The molecule has 96 valence electrons. The number of methoxy groups -OCH3 is 1. The minimum Gasteiger partial charge on any atom is -0.496 e. The number of hydrogen-bond donors (Lipinski definition) is 0. The highest BCUT2D eigenvalue weighted by Gasteiger charge is 2.41. The average molecular weight is 253 g/mol. The molecule has 1 aromatic carbocycles. The van der Waals surface area contributed by atoms with Crippen molar-refractivity contribution in [1.82, 2.24) is 0 Å². The van der Waals surface area contributed by atoms with Crippen molar-refractivity contribution in [3.63, 3.8) is 0 Å². The third-order valence-electron chi connectivity index (χ3n) is 3.42. The maximum Gasteiger partial charge on any atom is 0.263 e. The summed E-state index contributed by atoms with van der Waals surface area (Å²) in [5.74, 6) is 0.353. The van der Waals surface area contributed by atoms with Crippen LogP contribution in [0.2, 0.25) is 0 Å². The fourth-order valence-electron chi connectivity index (χ4n) is 2.27. The molecule has 0 saturated heterocycles. The van der Waals surface area contributed by atoms with Gasteiger partial charge >= 0.3 is 0 Å². The second-order valence-corrected chi connectivity index (χ2v) is 4.35. The largest absolute Gasteiger partial charge is 0.496 e. The number of hydrogen-bond acceptors (Lipinski definition) is 3. The van der Waals surface area contributed by atoms with Gasteiger partial charge in [-0.2, -0.15) is 4.99 Å². The molecule has 0 bridgehead atoms. The van der Waals surface area contributed by atoms with E-state index in [1.165, 1.54) is 19.2 Å². The van der Waals surface area contributed by atoms with Crippen molar-refractivity contribution in [2.45, 2.75) is 31.2 Å². The van der Waals surface area contributed by atoms with Crippen LogP contribution in [0.3, 0.4) is 0 Å². The van der Waals surface area contributed by atoms with Gasteiger partial charge in [-0.15, -0.1) is 0 Å². The van der Waals surface area contributed by atoms with Crippen LogP contribution >= 0.6 is 0 Å². The van der Waals surface area contributed by atoms with Crippen LogP contribution in [0, 0.1) is 0 Å². The highest BCUT2D eigenvalue weighted by Crippen LogP contribution is 2.48. The number of benzene rings is 1. The first-order chi connectivity index (χ1) is 8.63. The molecule has 5 heteroatoms. The highest BCUT2D eigenvalue weighted by atomic mass is 19.3. The van der Waals surface area contributed by atoms with E-state index in [4.69, 9.17) is 4.74 Å². The van der Waals surface area contributed by atoms with Gasteiger partial charge in [-0.3, -0.25) is 0 Å². The maximum absolute atomic E-state index is 12.6. The van der Waals surface area contributed by atoms with Gasteiger partial charge in [0.2, 0.25) is 6.08 Å². The van der Waals surface area contributed by atoms with E-state index in [1.54, 1.807) is 12.1 Å². The molecule has 1 saturated carbocycles. The van der Waals surface area contributed by atoms with Gasteiger partial charge in [0.25, 0.3) is 6.43 Å². The van der Waals surface area contributed by atoms with Crippen molar-refractivity contribution in [3.05, 3.63) is 29.3 Å². The summed E-state index contributed by atoms with van der Waals surface area (Å²) in [5, 5.41) is 0. The number of isocyanates is 1. The molecule has 18 heavy (non-hydrogen) atoms. The first kappa shape index (κ1) is 12.7. The molecule has 2 rings (SSSR count). The van der Waals surface area contributed by atoms with Crippen molar-refractivity contribution in [3.8, 4) is 5.75 Å². The molecular weight excluding hydrogens is 240 g/mol. The Morgan fingerprint density at radius 3 is 2.61 bits per heavy atom. The van der Waals surface area contributed by atoms with E-state index in [9.17, 15) is 13.6 Å². The number of nitrogens with zero attached hydrogens (tertiary/aromatic N) is 1. The topological polar surface area (TPSA) is 38.7 Å². The Bertz CT molecular complexity index is 492. The zero-order valence-corrected chi connectivity index (χ0v) is 9.95. The fraction of sp³-hybridized carbons (Fsp3) is 0.462. The first-order valence-electron chi connectivity index (χ1n) is 5.68. The summed E-state index contributed by atoms with van der Waals surface area (Å²) >= 11 is 0. The molecule has 0 radical (unpaired) electrons. The highest BCUT2D eigenvalue weighted by molar-refractivity contribution is 5.47. The standard InChI is InChI=1S/C13H13F2NO2/c1-18-11-7-9(12(14)15)3-4-10(11)13(16-8-17)5-2-6-13/h3-4,7,12H,2,5-6H2,1H3.